The number of nitrogens with zero attached hydrogens (tertiary/aromatic N) is 5. The van der Waals surface area contributed by atoms with E-state index >= 15 is 0 Å². The van der Waals surface area contributed by atoms with Crippen LogP contribution in [0.4, 0.5) is 5.82 Å². The number of aliphatic hydroxyl groups is 1. The molecule has 0 saturated carbocycles. The number of carbonyl (C=O) groups is 1. The SMILES string of the molecule is O=CC1[C@@H](O)[C@H](n2ncc3c(N4CC5COCC5C4)nc(Cl)nc32)O[C@@H]1COP(=O)(O)CP(=O)(O)O. The highest BCUT2D eigenvalue weighted by molar-refractivity contribution is 7.70. The van der Waals surface area contributed by atoms with Crippen molar-refractivity contribution in [2.45, 2.75) is 18.4 Å². The molecule has 4 unspecified atom stereocenters. The summed E-state index contributed by atoms with van der Waals surface area (Å²) >= 11 is 6.22. The molecule has 18 heteroatoms. The van der Waals surface area contributed by atoms with E-state index in [0.717, 1.165) is 13.1 Å². The summed E-state index contributed by atoms with van der Waals surface area (Å²) in [5.41, 5.74) is 0.253. The number of carbonyl (C=O) groups excluding carboxylic acids is 1. The van der Waals surface area contributed by atoms with Crippen LogP contribution in [0.25, 0.3) is 11.0 Å². The van der Waals surface area contributed by atoms with Crippen molar-refractivity contribution in [3.05, 3.63) is 11.5 Å². The maximum absolute atomic E-state index is 12.0. The summed E-state index contributed by atoms with van der Waals surface area (Å²) in [6.07, 6.45) is -1.94. The van der Waals surface area contributed by atoms with Gasteiger partial charge >= 0.3 is 15.2 Å². The highest BCUT2D eigenvalue weighted by Gasteiger charge is 2.47. The second-order valence-electron chi connectivity index (χ2n) is 9.11. The molecular formula is C18H24ClN5O10P2. The lowest BCUT2D eigenvalue weighted by Crippen LogP contribution is -2.30. The first-order chi connectivity index (χ1) is 17.0. The monoisotopic (exact) mass is 567 g/mol. The van der Waals surface area contributed by atoms with E-state index in [1.807, 2.05) is 0 Å². The van der Waals surface area contributed by atoms with Crippen molar-refractivity contribution >= 4 is 49.9 Å². The largest absolute Gasteiger partial charge is 0.387 e. The van der Waals surface area contributed by atoms with Crippen molar-refractivity contribution in [3.8, 4) is 0 Å². The minimum atomic E-state index is -4.84. The number of anilines is 1. The number of hydrogen-bond acceptors (Lipinski definition) is 11. The van der Waals surface area contributed by atoms with E-state index < -0.39 is 52.1 Å². The first-order valence-corrected chi connectivity index (χ1v) is 14.9. The Morgan fingerprint density at radius 3 is 2.53 bits per heavy atom. The van der Waals surface area contributed by atoms with Gasteiger partial charge in [0.1, 0.15) is 18.2 Å². The molecule has 0 aromatic carbocycles. The molecule has 2 aromatic heterocycles. The quantitative estimate of drug-likeness (QED) is 0.188. The molecule has 3 saturated heterocycles. The van der Waals surface area contributed by atoms with Crippen molar-refractivity contribution in [2.24, 2.45) is 17.8 Å². The Morgan fingerprint density at radius 2 is 1.89 bits per heavy atom. The summed E-state index contributed by atoms with van der Waals surface area (Å²) in [6, 6.07) is 0. The van der Waals surface area contributed by atoms with E-state index in [1.54, 1.807) is 0 Å². The van der Waals surface area contributed by atoms with E-state index in [0.29, 0.717) is 42.5 Å². The van der Waals surface area contributed by atoms with Crippen molar-refractivity contribution < 1.29 is 47.7 Å². The molecule has 2 aromatic rings. The van der Waals surface area contributed by atoms with E-state index in [4.69, 9.17) is 35.4 Å². The third-order valence-electron chi connectivity index (χ3n) is 6.58. The topological polar surface area (TPSA) is 207 Å². The maximum Gasteiger partial charge on any atom is 0.340 e. The van der Waals surface area contributed by atoms with Crippen LogP contribution in [0.15, 0.2) is 6.20 Å². The van der Waals surface area contributed by atoms with Crippen LogP contribution in [0.3, 0.4) is 0 Å². The minimum Gasteiger partial charge on any atom is -0.387 e. The second-order valence-corrected chi connectivity index (χ2v) is 13.4. The minimum absolute atomic E-state index is 0.0504. The van der Waals surface area contributed by atoms with Crippen LogP contribution in [0.5, 0.6) is 0 Å². The molecule has 0 radical (unpaired) electrons. The summed E-state index contributed by atoms with van der Waals surface area (Å²) in [6.45, 7) is 2.13. The van der Waals surface area contributed by atoms with E-state index in [1.165, 1.54) is 10.9 Å². The third-order valence-corrected chi connectivity index (χ3v) is 10.2. The van der Waals surface area contributed by atoms with Crippen LogP contribution in [-0.4, -0.2) is 96.8 Å². The molecule has 198 valence electrons. The Bertz CT molecular complexity index is 1250. The molecule has 3 fully saturated rings. The summed E-state index contributed by atoms with van der Waals surface area (Å²) in [5.74, 6) is -1.24. The van der Waals surface area contributed by atoms with Gasteiger partial charge in [-0.2, -0.15) is 15.1 Å². The molecule has 36 heavy (non-hydrogen) atoms. The average molecular weight is 568 g/mol. The molecule has 5 rings (SSSR count). The van der Waals surface area contributed by atoms with Gasteiger partial charge in [-0.3, -0.25) is 9.13 Å². The molecule has 3 aliphatic heterocycles. The van der Waals surface area contributed by atoms with Crippen LogP contribution in [0.1, 0.15) is 6.23 Å². The number of halogens is 1. The molecule has 0 aliphatic carbocycles. The van der Waals surface area contributed by atoms with E-state index in [2.05, 4.69) is 20.0 Å². The van der Waals surface area contributed by atoms with Crippen molar-refractivity contribution in [1.29, 1.82) is 0 Å². The number of fused-ring (bicyclic) bond motifs is 2. The number of hydrogen-bond donors (Lipinski definition) is 4. The van der Waals surface area contributed by atoms with Gasteiger partial charge in [-0.25, -0.2) is 4.68 Å². The summed E-state index contributed by atoms with van der Waals surface area (Å²) in [4.78, 5) is 50.0. The van der Waals surface area contributed by atoms with Crippen molar-refractivity contribution in [3.63, 3.8) is 0 Å². The number of aromatic nitrogens is 4. The zero-order valence-corrected chi connectivity index (χ0v) is 21.2. The molecule has 5 heterocycles. The fraction of sp³-hybridized carbons (Fsp3) is 0.667. The zero-order chi connectivity index (χ0) is 25.8. The van der Waals surface area contributed by atoms with Crippen molar-refractivity contribution in [1.82, 2.24) is 19.7 Å². The molecule has 7 atom stereocenters. The number of ether oxygens (including phenoxy) is 2. The van der Waals surface area contributed by atoms with Gasteiger partial charge in [0, 0.05) is 24.9 Å². The number of aldehydes is 1. The molecule has 3 aliphatic rings. The highest BCUT2D eigenvalue weighted by atomic mass is 35.5. The highest BCUT2D eigenvalue weighted by Crippen LogP contribution is 2.55. The second kappa shape index (κ2) is 9.66. The van der Waals surface area contributed by atoms with Crippen LogP contribution >= 0.6 is 26.8 Å². The molecule has 0 amide bonds. The maximum atomic E-state index is 12.0. The molecule has 0 spiro atoms. The number of aliphatic hydroxyl groups excluding tert-OH is 1. The fourth-order valence-corrected chi connectivity index (χ4v) is 7.65. The molecular weight excluding hydrogens is 544 g/mol. The van der Waals surface area contributed by atoms with Crippen LogP contribution < -0.4 is 4.90 Å². The summed E-state index contributed by atoms with van der Waals surface area (Å²) in [5, 5.41) is 15.6. The lowest BCUT2D eigenvalue weighted by molar-refractivity contribution is -0.115. The Morgan fingerprint density at radius 1 is 1.19 bits per heavy atom. The first kappa shape index (κ1) is 26.1. The first-order valence-electron chi connectivity index (χ1n) is 11.0. The van der Waals surface area contributed by atoms with Gasteiger partial charge in [-0.05, 0) is 11.6 Å². The third kappa shape index (κ3) is 5.10. The predicted molar refractivity (Wildman–Crippen MR) is 123 cm³/mol. The summed E-state index contributed by atoms with van der Waals surface area (Å²) in [7, 11) is -9.53. The lowest BCUT2D eigenvalue weighted by Gasteiger charge is -2.20. The molecule has 15 nitrogen and oxygen atoms in total. The van der Waals surface area contributed by atoms with Gasteiger partial charge in [0.25, 0.3) is 0 Å². The lowest BCUT2D eigenvalue weighted by atomic mass is 10.0. The van der Waals surface area contributed by atoms with Gasteiger partial charge in [-0.1, -0.05) is 0 Å². The smallest absolute Gasteiger partial charge is 0.340 e. The average Bonchev–Trinajstić information content (AvgIpc) is 3.52. The number of rotatable bonds is 8. The fourth-order valence-electron chi connectivity index (χ4n) is 4.92. The summed E-state index contributed by atoms with van der Waals surface area (Å²) < 4.78 is 40.4. The van der Waals surface area contributed by atoms with Gasteiger partial charge in [-0.15, -0.1) is 0 Å². The van der Waals surface area contributed by atoms with Crippen molar-refractivity contribution in [2.75, 3.05) is 43.7 Å². The molecule has 4 N–H and O–H groups in total. The predicted octanol–water partition coefficient (Wildman–Crippen LogP) is -0.0271. The Kier molecular flexibility index (Phi) is 7.01. The molecule has 0 bridgehead atoms. The normalized spacial score (nSPS) is 32.2. The zero-order valence-electron chi connectivity index (χ0n) is 18.6. The van der Waals surface area contributed by atoms with Gasteiger partial charge in [0.2, 0.25) is 5.28 Å². The Balaban J connectivity index is 1.39. The van der Waals surface area contributed by atoms with E-state index in [9.17, 15) is 23.9 Å². The van der Waals surface area contributed by atoms with Crippen LogP contribution in [0, 0.1) is 17.8 Å². The standard InChI is InChI=1S/C18H24ClN5O10P2/c19-18-21-15(23-2-9-5-32-6-10(9)3-23)11-1-20-24(16(11)22-18)17-14(26)12(4-25)13(34-17)7-33-36(30,31)8-35(27,28)29/h1,4,9-10,12-14,17,26H,2-3,5-8H2,(H,30,31)(H2,27,28,29)/t9?,10?,12?,13-,14-,17-/m1/s1. The van der Waals surface area contributed by atoms with Crippen LogP contribution in [0.2, 0.25) is 5.28 Å². The van der Waals surface area contributed by atoms with E-state index in [-0.39, 0.29) is 10.9 Å². The van der Waals surface area contributed by atoms with Gasteiger partial charge < -0.3 is 43.5 Å². The Labute approximate surface area is 209 Å². The van der Waals surface area contributed by atoms with Gasteiger partial charge in [0.15, 0.2) is 17.8 Å². The van der Waals surface area contributed by atoms with Gasteiger partial charge in [0.05, 0.1) is 43.4 Å². The van der Waals surface area contributed by atoms with Crippen LogP contribution in [-0.2, 0) is 27.9 Å². The Hall–Kier alpha value is -1.51.